The van der Waals surface area contributed by atoms with Crippen LogP contribution in [0.25, 0.3) is 0 Å². The third-order valence-corrected chi connectivity index (χ3v) is 5.74. The summed E-state index contributed by atoms with van der Waals surface area (Å²) in [5, 5.41) is 3.02. The van der Waals surface area contributed by atoms with Crippen LogP contribution in [-0.2, 0) is 9.53 Å². The number of nitrogens with zero attached hydrogens (tertiary/aromatic N) is 1. The van der Waals surface area contributed by atoms with Gasteiger partial charge in [-0.3, -0.25) is 4.79 Å². The van der Waals surface area contributed by atoms with Crippen LogP contribution in [0.2, 0.25) is 0 Å². The third kappa shape index (κ3) is 3.23. The van der Waals surface area contributed by atoms with Crippen LogP contribution in [0.4, 0.5) is 5.69 Å². The minimum atomic E-state index is -0.496. The second-order valence-electron chi connectivity index (χ2n) is 7.20. The van der Waals surface area contributed by atoms with Crippen molar-refractivity contribution in [2.45, 2.75) is 38.6 Å². The average molecular weight is 349 g/mol. The highest BCUT2D eigenvalue weighted by Crippen LogP contribution is 2.42. The smallest absolute Gasteiger partial charge is 0.340 e. The van der Waals surface area contributed by atoms with Crippen molar-refractivity contribution in [1.29, 1.82) is 0 Å². The van der Waals surface area contributed by atoms with Crippen molar-refractivity contribution < 1.29 is 23.5 Å². The maximum Gasteiger partial charge on any atom is 0.340 e. The Labute approximate surface area is 149 Å². The average Bonchev–Trinajstić information content (AvgIpc) is 2.54. The Morgan fingerprint density at radius 3 is 2.32 bits per heavy atom. The minimum absolute atomic E-state index is 0.0379. The molecule has 138 valence electrons. The Hall–Kier alpha value is -2.08. The standard InChI is InChI=1S/C19H28N2O4/c1-7-21(3,4)19(9-8-10-19)18(23)20-16-13(2)11-14(24-5)12-15(16)17(22)25-6/h11-12H,7-10H2,1-6H3/p+1. The number of esters is 1. The zero-order valence-electron chi connectivity index (χ0n) is 16.1. The summed E-state index contributed by atoms with van der Waals surface area (Å²) in [5.74, 6) is 0.0205. The van der Waals surface area contributed by atoms with Crippen molar-refractivity contribution in [2.75, 3.05) is 40.2 Å². The number of methoxy groups -OCH3 is 2. The van der Waals surface area contributed by atoms with Gasteiger partial charge < -0.3 is 19.3 Å². The van der Waals surface area contributed by atoms with Gasteiger partial charge in [0.05, 0.1) is 46.1 Å². The van der Waals surface area contributed by atoms with Gasteiger partial charge in [-0.15, -0.1) is 0 Å². The van der Waals surface area contributed by atoms with Crippen molar-refractivity contribution in [3.05, 3.63) is 23.3 Å². The highest BCUT2D eigenvalue weighted by molar-refractivity contribution is 6.05. The van der Waals surface area contributed by atoms with E-state index in [0.717, 1.165) is 31.4 Å². The summed E-state index contributed by atoms with van der Waals surface area (Å²) in [7, 11) is 7.04. The number of amides is 1. The van der Waals surface area contributed by atoms with Gasteiger partial charge in [0.25, 0.3) is 5.91 Å². The number of hydrogen-bond donors (Lipinski definition) is 1. The molecule has 0 bridgehead atoms. The van der Waals surface area contributed by atoms with Crippen molar-refractivity contribution in [3.63, 3.8) is 0 Å². The molecule has 0 heterocycles. The Balaban J connectivity index is 2.42. The molecule has 1 amide bonds. The highest BCUT2D eigenvalue weighted by Gasteiger charge is 2.56. The van der Waals surface area contributed by atoms with E-state index < -0.39 is 11.5 Å². The zero-order valence-corrected chi connectivity index (χ0v) is 16.1. The number of nitrogens with one attached hydrogen (secondary N) is 1. The van der Waals surface area contributed by atoms with Gasteiger partial charge in [-0.1, -0.05) is 0 Å². The van der Waals surface area contributed by atoms with Crippen molar-refractivity contribution in [1.82, 2.24) is 0 Å². The van der Waals surface area contributed by atoms with Gasteiger partial charge in [0.2, 0.25) is 0 Å². The molecule has 1 aliphatic carbocycles. The molecule has 0 atom stereocenters. The second-order valence-corrected chi connectivity index (χ2v) is 7.20. The molecule has 1 saturated carbocycles. The van der Waals surface area contributed by atoms with E-state index in [0.29, 0.717) is 21.5 Å². The summed E-state index contributed by atoms with van der Waals surface area (Å²) in [6, 6.07) is 3.40. The molecule has 1 N–H and O–H groups in total. The number of ether oxygens (including phenoxy) is 2. The maximum atomic E-state index is 13.2. The highest BCUT2D eigenvalue weighted by atomic mass is 16.5. The topological polar surface area (TPSA) is 64.6 Å². The fourth-order valence-electron chi connectivity index (χ4n) is 3.46. The Morgan fingerprint density at radius 2 is 1.88 bits per heavy atom. The Morgan fingerprint density at radius 1 is 1.24 bits per heavy atom. The van der Waals surface area contributed by atoms with Crippen LogP contribution in [0.1, 0.15) is 42.1 Å². The van der Waals surface area contributed by atoms with E-state index in [9.17, 15) is 9.59 Å². The number of hydrogen-bond acceptors (Lipinski definition) is 4. The zero-order chi connectivity index (χ0) is 18.8. The van der Waals surface area contributed by atoms with Gasteiger partial charge in [-0.2, -0.15) is 0 Å². The summed E-state index contributed by atoms with van der Waals surface area (Å²) < 4.78 is 10.7. The summed E-state index contributed by atoms with van der Waals surface area (Å²) >= 11 is 0. The van der Waals surface area contributed by atoms with Gasteiger partial charge in [-0.05, 0) is 38.0 Å². The molecule has 1 aliphatic rings. The van der Waals surface area contributed by atoms with Crippen molar-refractivity contribution in [2.24, 2.45) is 0 Å². The van der Waals surface area contributed by atoms with E-state index >= 15 is 0 Å². The molecule has 6 nitrogen and oxygen atoms in total. The molecule has 25 heavy (non-hydrogen) atoms. The first-order valence-corrected chi connectivity index (χ1v) is 8.64. The van der Waals surface area contributed by atoms with Crippen LogP contribution in [-0.4, -0.2) is 56.8 Å². The van der Waals surface area contributed by atoms with Crippen LogP contribution in [0.5, 0.6) is 5.75 Å². The van der Waals surface area contributed by atoms with E-state index in [4.69, 9.17) is 9.47 Å². The molecule has 0 saturated heterocycles. The van der Waals surface area contributed by atoms with Gasteiger partial charge in [0.15, 0.2) is 5.54 Å². The quantitative estimate of drug-likeness (QED) is 0.633. The number of likely N-dealkylation sites (N-methyl/N-ethyl adjacent to an activating group) is 1. The molecule has 0 unspecified atom stereocenters. The van der Waals surface area contributed by atoms with Crippen molar-refractivity contribution >= 4 is 17.6 Å². The number of rotatable bonds is 6. The molecule has 1 aromatic rings. The first-order chi connectivity index (χ1) is 11.7. The predicted octanol–water partition coefficient (Wildman–Crippen LogP) is 2.75. The lowest BCUT2D eigenvalue weighted by Gasteiger charge is -2.52. The van der Waals surface area contributed by atoms with Crippen LogP contribution < -0.4 is 10.1 Å². The Bertz CT molecular complexity index is 678. The van der Waals surface area contributed by atoms with Crippen LogP contribution in [0.15, 0.2) is 12.1 Å². The summed E-state index contributed by atoms with van der Waals surface area (Å²) in [6.07, 6.45) is 2.74. The number of quaternary nitrogens is 1. The lowest BCUT2D eigenvalue weighted by Crippen LogP contribution is -2.69. The van der Waals surface area contributed by atoms with Crippen molar-refractivity contribution in [3.8, 4) is 5.75 Å². The number of aryl methyl sites for hydroxylation is 1. The molecule has 0 spiro atoms. The largest absolute Gasteiger partial charge is 0.497 e. The molecular formula is C19H29N2O4+. The van der Waals surface area contributed by atoms with E-state index in [-0.39, 0.29) is 5.91 Å². The number of carbonyl (C=O) groups is 2. The number of benzene rings is 1. The van der Waals surface area contributed by atoms with E-state index in [1.807, 2.05) is 6.92 Å². The summed E-state index contributed by atoms with van der Waals surface area (Å²) in [4.78, 5) is 25.4. The van der Waals surface area contributed by atoms with Gasteiger partial charge >= 0.3 is 5.97 Å². The first-order valence-electron chi connectivity index (χ1n) is 8.64. The van der Waals surface area contributed by atoms with E-state index in [1.54, 1.807) is 19.2 Å². The molecule has 0 radical (unpaired) electrons. The van der Waals surface area contributed by atoms with Gasteiger partial charge in [0, 0.05) is 12.8 Å². The van der Waals surface area contributed by atoms with Crippen LogP contribution in [0, 0.1) is 6.92 Å². The molecule has 6 heteroatoms. The minimum Gasteiger partial charge on any atom is -0.497 e. The maximum absolute atomic E-state index is 13.2. The molecule has 0 aliphatic heterocycles. The van der Waals surface area contributed by atoms with Crippen LogP contribution in [0.3, 0.4) is 0 Å². The van der Waals surface area contributed by atoms with Crippen LogP contribution >= 0.6 is 0 Å². The SMILES string of the molecule is CC[N+](C)(C)C1(C(=O)Nc2c(C)cc(OC)cc2C(=O)OC)CCC1. The van der Waals surface area contributed by atoms with E-state index in [1.165, 1.54) is 7.11 Å². The summed E-state index contributed by atoms with van der Waals surface area (Å²) in [5.41, 5.74) is 1.13. The molecule has 1 fully saturated rings. The molecule has 1 aromatic carbocycles. The number of anilines is 1. The predicted molar refractivity (Wildman–Crippen MR) is 96.9 cm³/mol. The Kier molecular flexibility index (Phi) is 5.42. The van der Waals surface area contributed by atoms with E-state index in [2.05, 4.69) is 26.3 Å². The normalized spacial score (nSPS) is 15.9. The fourth-order valence-corrected chi connectivity index (χ4v) is 3.46. The fraction of sp³-hybridized carbons (Fsp3) is 0.579. The molecule has 0 aromatic heterocycles. The molecule has 2 rings (SSSR count). The summed E-state index contributed by atoms with van der Waals surface area (Å²) in [6.45, 7) is 4.79. The molecular weight excluding hydrogens is 320 g/mol. The third-order valence-electron chi connectivity index (χ3n) is 5.74. The lowest BCUT2D eigenvalue weighted by molar-refractivity contribution is -0.936. The van der Waals surface area contributed by atoms with Gasteiger partial charge in [-0.25, -0.2) is 4.79 Å². The monoisotopic (exact) mass is 349 g/mol. The number of carbonyl (C=O) groups excluding carboxylic acids is 2. The first kappa shape index (κ1) is 19.2. The second kappa shape index (κ2) is 7.04. The lowest BCUT2D eigenvalue weighted by atomic mass is 9.73. The van der Waals surface area contributed by atoms with Gasteiger partial charge in [0.1, 0.15) is 5.75 Å².